The van der Waals surface area contributed by atoms with Gasteiger partial charge in [0.15, 0.2) is 0 Å². The van der Waals surface area contributed by atoms with E-state index in [9.17, 15) is 14.4 Å². The number of benzene rings is 3. The van der Waals surface area contributed by atoms with Crippen LogP contribution in [0.4, 0.5) is 0 Å². The fourth-order valence-corrected chi connectivity index (χ4v) is 10.4. The second-order valence-electron chi connectivity index (χ2n) is 15.4. The first-order chi connectivity index (χ1) is 20.9. The summed E-state index contributed by atoms with van der Waals surface area (Å²) in [6.45, 7) is 15.0. The van der Waals surface area contributed by atoms with Crippen molar-refractivity contribution in [1.29, 1.82) is 0 Å². The van der Waals surface area contributed by atoms with Crippen LogP contribution in [0.3, 0.4) is 0 Å². The molecule has 6 rings (SSSR count). The van der Waals surface area contributed by atoms with Gasteiger partial charge in [-0.2, -0.15) is 0 Å². The maximum atomic E-state index is 14.2. The Kier molecular flexibility index (Phi) is 7.42. The molecular formula is C41H48O3. The Morgan fingerprint density at radius 2 is 0.659 bits per heavy atom. The Morgan fingerprint density at radius 3 is 0.841 bits per heavy atom. The molecule has 3 heteroatoms. The third-order valence-electron chi connectivity index (χ3n) is 11.4. The standard InChI is InChI=1S/C41H48O3/c1-26(2)20-29(42)23-39-32-14-8-10-16-34(32)40(24-30(43)21-27(3)4)36-18-12-13-19-37(36)41(38(39,40)7,25-31(44)22-28(5)6)35-17-11-9-15-33(35)39/h8-19,26-28H,20-25H2,1-7H3. The lowest BCUT2D eigenvalue weighted by Crippen LogP contribution is -2.56. The monoisotopic (exact) mass is 588 g/mol. The number of hydrogen-bond acceptors (Lipinski definition) is 3. The Morgan fingerprint density at radius 1 is 0.455 bits per heavy atom. The summed E-state index contributed by atoms with van der Waals surface area (Å²) in [5.41, 5.74) is 4.29. The van der Waals surface area contributed by atoms with Crippen LogP contribution in [0.1, 0.15) is 120 Å². The van der Waals surface area contributed by atoms with Crippen molar-refractivity contribution in [3.05, 3.63) is 106 Å². The second-order valence-corrected chi connectivity index (χ2v) is 15.4. The van der Waals surface area contributed by atoms with Crippen LogP contribution < -0.4 is 0 Å². The first kappa shape index (κ1) is 30.7. The zero-order chi connectivity index (χ0) is 31.7. The zero-order valence-electron chi connectivity index (χ0n) is 27.6. The molecule has 0 heterocycles. The van der Waals surface area contributed by atoms with E-state index >= 15 is 0 Å². The van der Waals surface area contributed by atoms with E-state index in [4.69, 9.17) is 0 Å². The molecule has 3 aliphatic rings. The number of hydrogen-bond donors (Lipinski definition) is 0. The van der Waals surface area contributed by atoms with Crippen LogP contribution in [0.5, 0.6) is 0 Å². The Bertz CT molecular complexity index is 1380. The molecule has 230 valence electrons. The average molecular weight is 589 g/mol. The summed E-state index contributed by atoms with van der Waals surface area (Å²) < 4.78 is 0. The van der Waals surface area contributed by atoms with Crippen LogP contribution in [0.2, 0.25) is 0 Å². The topological polar surface area (TPSA) is 51.2 Å². The van der Waals surface area contributed by atoms with E-state index in [1.54, 1.807) is 0 Å². The summed E-state index contributed by atoms with van der Waals surface area (Å²) in [5, 5.41) is 0. The number of ketones is 3. The van der Waals surface area contributed by atoms with Gasteiger partial charge in [-0.15, -0.1) is 0 Å². The van der Waals surface area contributed by atoms with Crippen molar-refractivity contribution >= 4 is 17.3 Å². The molecule has 3 aromatic rings. The summed E-state index contributed by atoms with van der Waals surface area (Å²) in [6, 6.07) is 25.9. The first-order valence-corrected chi connectivity index (χ1v) is 16.7. The first-order valence-electron chi connectivity index (χ1n) is 16.7. The molecule has 0 spiro atoms. The van der Waals surface area contributed by atoms with Crippen molar-refractivity contribution in [1.82, 2.24) is 0 Å². The minimum absolute atomic E-state index is 0.246. The highest BCUT2D eigenvalue weighted by Crippen LogP contribution is 2.84. The second kappa shape index (κ2) is 10.6. The lowest BCUT2D eigenvalue weighted by atomic mass is 9.47. The number of carbonyl (C=O) groups excluding carboxylic acids is 3. The van der Waals surface area contributed by atoms with E-state index in [0.717, 1.165) is 33.4 Å². The summed E-state index contributed by atoms with van der Waals surface area (Å²) >= 11 is 0. The third kappa shape index (κ3) is 3.83. The fourth-order valence-electron chi connectivity index (χ4n) is 10.4. The normalized spacial score (nSPS) is 27.4. The molecule has 0 radical (unpaired) electrons. The maximum absolute atomic E-state index is 14.2. The lowest BCUT2D eigenvalue weighted by Gasteiger charge is -2.53. The predicted octanol–water partition coefficient (Wildman–Crippen LogP) is 8.91. The Labute approximate surface area is 263 Å². The van der Waals surface area contributed by atoms with Crippen molar-refractivity contribution in [2.75, 3.05) is 0 Å². The van der Waals surface area contributed by atoms with E-state index in [1.165, 1.54) is 0 Å². The third-order valence-corrected chi connectivity index (χ3v) is 11.4. The van der Waals surface area contributed by atoms with Crippen LogP contribution in [0.15, 0.2) is 72.8 Å². The SMILES string of the molecule is CC(C)CC(=O)CC12c3ccccc3C3(CC(=O)CC(C)C)c4ccccc4C(CC(=O)CC(C)C)(c4ccccc41)C23C. The van der Waals surface area contributed by atoms with E-state index in [-0.39, 0.29) is 35.1 Å². The Balaban J connectivity index is 1.77. The number of Topliss-reactive ketones (excluding diaryl/α,β-unsaturated/α-hetero) is 3. The van der Waals surface area contributed by atoms with Crippen LogP contribution >= 0.6 is 0 Å². The van der Waals surface area contributed by atoms with Gasteiger partial charge in [0.2, 0.25) is 0 Å². The van der Waals surface area contributed by atoms with Gasteiger partial charge in [0.05, 0.1) is 0 Å². The summed E-state index contributed by atoms with van der Waals surface area (Å²) in [5.74, 6) is 1.47. The van der Waals surface area contributed by atoms with Gasteiger partial charge in [0, 0.05) is 60.2 Å². The minimum Gasteiger partial charge on any atom is -0.300 e. The molecule has 0 saturated heterocycles. The van der Waals surface area contributed by atoms with E-state index in [2.05, 4.69) is 121 Å². The molecule has 0 aromatic heterocycles. The molecular weight excluding hydrogens is 540 g/mol. The molecule has 0 amide bonds. The number of rotatable bonds is 12. The van der Waals surface area contributed by atoms with Crippen LogP contribution in [0.25, 0.3) is 0 Å². The summed E-state index contributed by atoms with van der Waals surface area (Å²) in [4.78, 5) is 42.7. The molecule has 0 N–H and O–H groups in total. The molecule has 0 bridgehead atoms. The minimum atomic E-state index is -0.679. The predicted molar refractivity (Wildman–Crippen MR) is 177 cm³/mol. The van der Waals surface area contributed by atoms with Gasteiger partial charge in [-0.25, -0.2) is 0 Å². The van der Waals surface area contributed by atoms with Gasteiger partial charge in [-0.3, -0.25) is 14.4 Å². The molecule has 0 fully saturated rings. The highest BCUT2D eigenvalue weighted by molar-refractivity contribution is 5.92. The van der Waals surface area contributed by atoms with E-state index < -0.39 is 21.7 Å². The van der Waals surface area contributed by atoms with Crippen molar-refractivity contribution in [3.63, 3.8) is 0 Å². The molecule has 3 aliphatic carbocycles. The van der Waals surface area contributed by atoms with Crippen molar-refractivity contribution < 1.29 is 14.4 Å². The summed E-state index contributed by atoms with van der Waals surface area (Å²) in [6.07, 6.45) is 2.62. The smallest absolute Gasteiger partial charge is 0.134 e. The van der Waals surface area contributed by atoms with E-state index in [0.29, 0.717) is 38.5 Å². The van der Waals surface area contributed by atoms with Gasteiger partial charge in [0.1, 0.15) is 17.3 Å². The fraction of sp³-hybridized carbons (Fsp3) is 0.488. The summed E-state index contributed by atoms with van der Waals surface area (Å²) in [7, 11) is 0. The molecule has 0 unspecified atom stereocenters. The quantitative estimate of drug-likeness (QED) is 0.212. The molecule has 0 saturated carbocycles. The lowest BCUT2D eigenvalue weighted by molar-refractivity contribution is -0.124. The molecule has 3 nitrogen and oxygen atoms in total. The van der Waals surface area contributed by atoms with Gasteiger partial charge in [-0.1, -0.05) is 121 Å². The highest BCUT2D eigenvalue weighted by atomic mass is 16.1. The van der Waals surface area contributed by atoms with Crippen molar-refractivity contribution in [3.8, 4) is 0 Å². The van der Waals surface area contributed by atoms with E-state index in [1.807, 2.05) is 0 Å². The van der Waals surface area contributed by atoms with Crippen LogP contribution in [0, 0.1) is 23.2 Å². The van der Waals surface area contributed by atoms with Crippen molar-refractivity contribution in [2.24, 2.45) is 23.2 Å². The van der Waals surface area contributed by atoms with Crippen LogP contribution in [-0.4, -0.2) is 17.3 Å². The van der Waals surface area contributed by atoms with Gasteiger partial charge >= 0.3 is 0 Å². The van der Waals surface area contributed by atoms with Gasteiger partial charge in [-0.05, 0) is 51.1 Å². The van der Waals surface area contributed by atoms with Crippen molar-refractivity contribution in [2.45, 2.75) is 103 Å². The number of fused-ring (bicyclic) bond motifs is 9. The molecule has 0 aliphatic heterocycles. The van der Waals surface area contributed by atoms with Crippen LogP contribution in [-0.2, 0) is 30.6 Å². The average Bonchev–Trinajstić information content (AvgIpc) is 3.34. The largest absolute Gasteiger partial charge is 0.300 e. The molecule has 0 atom stereocenters. The van der Waals surface area contributed by atoms with Gasteiger partial charge < -0.3 is 0 Å². The highest BCUT2D eigenvalue weighted by Gasteiger charge is 2.83. The molecule has 44 heavy (non-hydrogen) atoms. The van der Waals surface area contributed by atoms with Gasteiger partial charge in [0.25, 0.3) is 0 Å². The molecule has 3 aromatic carbocycles. The number of carbonyl (C=O) groups is 3. The Hall–Kier alpha value is -3.33. The zero-order valence-corrected chi connectivity index (χ0v) is 27.6. The maximum Gasteiger partial charge on any atom is 0.134 e.